The van der Waals surface area contributed by atoms with E-state index >= 15 is 0 Å². The molecule has 0 atom stereocenters. The first-order valence-electron chi connectivity index (χ1n) is 6.74. The summed E-state index contributed by atoms with van der Waals surface area (Å²) in [6.07, 6.45) is 0.976. The average Bonchev–Trinajstić information content (AvgIpc) is 2.43. The molecule has 0 saturated heterocycles. The highest BCUT2D eigenvalue weighted by atomic mass is 16.5. The van der Waals surface area contributed by atoms with Crippen molar-refractivity contribution < 1.29 is 4.74 Å². The molecule has 0 radical (unpaired) electrons. The second kappa shape index (κ2) is 6.39. The van der Waals surface area contributed by atoms with E-state index in [4.69, 9.17) is 4.74 Å². The predicted molar refractivity (Wildman–Crippen MR) is 79.8 cm³/mol. The first-order valence-corrected chi connectivity index (χ1v) is 6.74. The molecule has 2 aromatic rings. The summed E-state index contributed by atoms with van der Waals surface area (Å²) in [5.41, 5.74) is 3.67. The molecule has 2 rings (SSSR count). The monoisotopic (exact) mass is 255 g/mol. The van der Waals surface area contributed by atoms with Gasteiger partial charge in [0.15, 0.2) is 0 Å². The van der Waals surface area contributed by atoms with Gasteiger partial charge >= 0.3 is 0 Å². The largest absolute Gasteiger partial charge is 0.457 e. The third-order valence-corrected chi connectivity index (χ3v) is 3.16. The second-order valence-corrected chi connectivity index (χ2v) is 4.70. The van der Waals surface area contributed by atoms with Gasteiger partial charge in [0.05, 0.1) is 0 Å². The van der Waals surface area contributed by atoms with E-state index in [1.165, 1.54) is 16.7 Å². The summed E-state index contributed by atoms with van der Waals surface area (Å²) in [6, 6.07) is 14.5. The molecule has 0 aromatic heterocycles. The molecule has 19 heavy (non-hydrogen) atoms. The average molecular weight is 255 g/mol. The molecule has 100 valence electrons. The van der Waals surface area contributed by atoms with E-state index in [0.29, 0.717) is 0 Å². The van der Waals surface area contributed by atoms with Gasteiger partial charge in [-0.3, -0.25) is 0 Å². The number of aryl methyl sites for hydroxylation is 2. The third kappa shape index (κ3) is 3.36. The number of hydrogen-bond donors (Lipinski definition) is 1. The SMILES string of the molecule is CCc1ccccc1Oc1ccc(C)cc1CNC. The minimum atomic E-state index is 0.811. The van der Waals surface area contributed by atoms with Crippen molar-refractivity contribution in [2.24, 2.45) is 0 Å². The second-order valence-electron chi connectivity index (χ2n) is 4.70. The lowest BCUT2D eigenvalue weighted by Gasteiger charge is -2.14. The fourth-order valence-electron chi connectivity index (χ4n) is 2.15. The molecule has 2 aromatic carbocycles. The molecule has 0 aliphatic carbocycles. The summed E-state index contributed by atoms with van der Waals surface area (Å²) >= 11 is 0. The van der Waals surface area contributed by atoms with Crippen LogP contribution in [0.1, 0.15) is 23.6 Å². The summed E-state index contributed by atoms with van der Waals surface area (Å²) in [4.78, 5) is 0. The van der Waals surface area contributed by atoms with E-state index in [0.717, 1.165) is 24.5 Å². The van der Waals surface area contributed by atoms with Crippen molar-refractivity contribution in [1.82, 2.24) is 5.32 Å². The molecule has 0 amide bonds. The van der Waals surface area contributed by atoms with Crippen molar-refractivity contribution in [3.05, 3.63) is 59.2 Å². The number of ether oxygens (including phenoxy) is 1. The summed E-state index contributed by atoms with van der Waals surface area (Å²) in [5, 5.41) is 3.19. The van der Waals surface area contributed by atoms with Gasteiger partial charge in [-0.25, -0.2) is 0 Å². The molecule has 1 N–H and O–H groups in total. The Morgan fingerprint density at radius 2 is 1.74 bits per heavy atom. The van der Waals surface area contributed by atoms with Crippen LogP contribution in [0.25, 0.3) is 0 Å². The van der Waals surface area contributed by atoms with Crippen molar-refractivity contribution in [1.29, 1.82) is 0 Å². The van der Waals surface area contributed by atoms with E-state index in [2.05, 4.69) is 49.5 Å². The number of hydrogen-bond acceptors (Lipinski definition) is 2. The lowest BCUT2D eigenvalue weighted by Crippen LogP contribution is -2.07. The van der Waals surface area contributed by atoms with E-state index in [1.54, 1.807) is 0 Å². The number of para-hydroxylation sites is 1. The Kier molecular flexibility index (Phi) is 4.58. The topological polar surface area (TPSA) is 21.3 Å². The van der Waals surface area contributed by atoms with Crippen LogP contribution in [0, 0.1) is 6.92 Å². The van der Waals surface area contributed by atoms with Gasteiger partial charge in [-0.1, -0.05) is 42.8 Å². The molecule has 0 bridgehead atoms. The highest BCUT2D eigenvalue weighted by Gasteiger charge is 2.07. The zero-order valence-corrected chi connectivity index (χ0v) is 11.9. The zero-order valence-electron chi connectivity index (χ0n) is 11.9. The van der Waals surface area contributed by atoms with Crippen molar-refractivity contribution >= 4 is 0 Å². The lowest BCUT2D eigenvalue weighted by atomic mass is 10.1. The number of benzene rings is 2. The van der Waals surface area contributed by atoms with Crippen molar-refractivity contribution in [3.63, 3.8) is 0 Å². The van der Waals surface area contributed by atoms with Crippen LogP contribution >= 0.6 is 0 Å². The summed E-state index contributed by atoms with van der Waals surface area (Å²) in [6.45, 7) is 5.06. The van der Waals surface area contributed by atoms with Gasteiger partial charge in [-0.15, -0.1) is 0 Å². The molecule has 2 nitrogen and oxygen atoms in total. The predicted octanol–water partition coefficient (Wildman–Crippen LogP) is 4.07. The van der Waals surface area contributed by atoms with Gasteiger partial charge in [0.25, 0.3) is 0 Å². The molecular weight excluding hydrogens is 234 g/mol. The highest BCUT2D eigenvalue weighted by molar-refractivity contribution is 5.42. The maximum atomic E-state index is 6.10. The highest BCUT2D eigenvalue weighted by Crippen LogP contribution is 2.29. The molecule has 0 spiro atoms. The van der Waals surface area contributed by atoms with Gasteiger partial charge in [-0.2, -0.15) is 0 Å². The standard InChI is InChI=1S/C17H21NO/c1-4-14-7-5-6-8-16(14)19-17-10-9-13(2)11-15(17)12-18-3/h5-11,18H,4,12H2,1-3H3. The third-order valence-electron chi connectivity index (χ3n) is 3.16. The Morgan fingerprint density at radius 1 is 1.00 bits per heavy atom. The maximum Gasteiger partial charge on any atom is 0.131 e. The van der Waals surface area contributed by atoms with Crippen LogP contribution in [0.5, 0.6) is 11.5 Å². The smallest absolute Gasteiger partial charge is 0.131 e. The first kappa shape index (κ1) is 13.6. The van der Waals surface area contributed by atoms with Crippen molar-refractivity contribution in [2.75, 3.05) is 7.05 Å². The number of rotatable bonds is 5. The van der Waals surface area contributed by atoms with Crippen LogP contribution < -0.4 is 10.1 Å². The fraction of sp³-hybridized carbons (Fsp3) is 0.294. The quantitative estimate of drug-likeness (QED) is 0.869. The Bertz CT molecular complexity index is 549. The zero-order chi connectivity index (χ0) is 13.7. The molecule has 0 aliphatic rings. The molecule has 0 saturated carbocycles. The molecule has 2 heteroatoms. The van der Waals surface area contributed by atoms with Crippen LogP contribution in [-0.2, 0) is 13.0 Å². The van der Waals surface area contributed by atoms with Gasteiger partial charge in [0, 0.05) is 12.1 Å². The summed E-state index contributed by atoms with van der Waals surface area (Å²) < 4.78 is 6.10. The van der Waals surface area contributed by atoms with Crippen LogP contribution in [0.2, 0.25) is 0 Å². The van der Waals surface area contributed by atoms with Crippen molar-refractivity contribution in [2.45, 2.75) is 26.8 Å². The van der Waals surface area contributed by atoms with Crippen molar-refractivity contribution in [3.8, 4) is 11.5 Å². The maximum absolute atomic E-state index is 6.10. The number of nitrogens with one attached hydrogen (secondary N) is 1. The molecular formula is C17H21NO. The van der Waals surface area contributed by atoms with E-state index in [9.17, 15) is 0 Å². The van der Waals surface area contributed by atoms with Gasteiger partial charge in [-0.05, 0) is 38.1 Å². The van der Waals surface area contributed by atoms with E-state index < -0.39 is 0 Å². The summed E-state index contributed by atoms with van der Waals surface area (Å²) in [5.74, 6) is 1.88. The lowest BCUT2D eigenvalue weighted by molar-refractivity contribution is 0.468. The van der Waals surface area contributed by atoms with Gasteiger partial charge in [0.1, 0.15) is 11.5 Å². The minimum Gasteiger partial charge on any atom is -0.457 e. The van der Waals surface area contributed by atoms with Crippen LogP contribution in [0.3, 0.4) is 0 Å². The fourth-order valence-corrected chi connectivity index (χ4v) is 2.15. The molecule has 0 aliphatic heterocycles. The Balaban J connectivity index is 2.32. The van der Waals surface area contributed by atoms with Crippen LogP contribution in [0.4, 0.5) is 0 Å². The van der Waals surface area contributed by atoms with Gasteiger partial charge in [0.2, 0.25) is 0 Å². The van der Waals surface area contributed by atoms with Gasteiger partial charge < -0.3 is 10.1 Å². The molecule has 0 fully saturated rings. The molecule has 0 unspecified atom stereocenters. The first-order chi connectivity index (χ1) is 9.24. The normalized spacial score (nSPS) is 10.5. The Hall–Kier alpha value is -1.80. The van der Waals surface area contributed by atoms with Crippen LogP contribution in [-0.4, -0.2) is 7.05 Å². The Labute approximate surface area is 115 Å². The molecule has 0 heterocycles. The Morgan fingerprint density at radius 3 is 2.47 bits per heavy atom. The summed E-state index contributed by atoms with van der Waals surface area (Å²) in [7, 11) is 1.95. The van der Waals surface area contributed by atoms with E-state index in [-0.39, 0.29) is 0 Å². The minimum absolute atomic E-state index is 0.811. The van der Waals surface area contributed by atoms with E-state index in [1.807, 2.05) is 19.2 Å². The van der Waals surface area contributed by atoms with Crippen LogP contribution in [0.15, 0.2) is 42.5 Å².